The largest absolute Gasteiger partial charge is 0.298 e. The second-order valence-electron chi connectivity index (χ2n) is 8.33. The highest BCUT2D eigenvalue weighted by molar-refractivity contribution is 5.63. The number of hydrogen-bond acceptors (Lipinski definition) is 3. The molecule has 5 heteroatoms. The Morgan fingerprint density at radius 3 is 2.39 bits per heavy atom. The third-order valence-corrected chi connectivity index (χ3v) is 5.82. The van der Waals surface area contributed by atoms with Gasteiger partial charge >= 0.3 is 0 Å². The van der Waals surface area contributed by atoms with Gasteiger partial charge in [0.05, 0.1) is 11.9 Å². The summed E-state index contributed by atoms with van der Waals surface area (Å²) in [6.45, 7) is 1.74. The van der Waals surface area contributed by atoms with Crippen LogP contribution >= 0.6 is 0 Å². The van der Waals surface area contributed by atoms with Gasteiger partial charge in [-0.1, -0.05) is 43.5 Å². The van der Waals surface area contributed by atoms with Gasteiger partial charge in [-0.05, 0) is 31.4 Å². The summed E-state index contributed by atoms with van der Waals surface area (Å²) in [5.41, 5.74) is 6.29. The molecule has 0 radical (unpaired) electrons. The zero-order chi connectivity index (χ0) is 19.5. The molecular weight excluding hydrogens is 346 g/mol. The summed E-state index contributed by atoms with van der Waals surface area (Å²) in [4.78, 5) is 2.31. The maximum absolute atomic E-state index is 4.76. The molecule has 0 unspecified atom stereocenters. The van der Waals surface area contributed by atoms with E-state index in [0.29, 0.717) is 0 Å². The fraction of sp³-hybridized carbons (Fsp3) is 0.478. The molecule has 1 aliphatic carbocycles. The third-order valence-electron chi connectivity index (χ3n) is 5.82. The van der Waals surface area contributed by atoms with E-state index in [4.69, 9.17) is 5.10 Å². The van der Waals surface area contributed by atoms with E-state index in [1.165, 1.54) is 54.4 Å². The van der Waals surface area contributed by atoms with Gasteiger partial charge in [-0.25, -0.2) is 0 Å². The lowest BCUT2D eigenvalue weighted by Crippen LogP contribution is -2.17. The van der Waals surface area contributed by atoms with Gasteiger partial charge in [0.15, 0.2) is 0 Å². The average molecular weight is 378 g/mol. The first-order valence-electron chi connectivity index (χ1n) is 10.4. The van der Waals surface area contributed by atoms with Crippen molar-refractivity contribution in [2.45, 2.75) is 51.1 Å². The minimum Gasteiger partial charge on any atom is -0.298 e. The predicted molar refractivity (Wildman–Crippen MR) is 113 cm³/mol. The first-order chi connectivity index (χ1) is 13.6. The van der Waals surface area contributed by atoms with Crippen LogP contribution in [0.15, 0.2) is 42.9 Å². The number of rotatable bonds is 6. The monoisotopic (exact) mass is 377 g/mol. The van der Waals surface area contributed by atoms with Gasteiger partial charge in [0, 0.05) is 56.3 Å². The Morgan fingerprint density at radius 2 is 1.71 bits per heavy atom. The molecule has 2 heterocycles. The Labute approximate surface area is 168 Å². The van der Waals surface area contributed by atoms with Crippen molar-refractivity contribution in [1.29, 1.82) is 0 Å². The van der Waals surface area contributed by atoms with E-state index in [0.717, 1.165) is 24.7 Å². The van der Waals surface area contributed by atoms with Crippen LogP contribution in [0.2, 0.25) is 0 Å². The molecule has 1 fully saturated rings. The van der Waals surface area contributed by atoms with Crippen molar-refractivity contribution in [2.75, 3.05) is 7.05 Å². The maximum atomic E-state index is 4.76. The topological polar surface area (TPSA) is 38.9 Å². The van der Waals surface area contributed by atoms with Crippen LogP contribution in [0.25, 0.3) is 11.3 Å². The molecule has 0 aliphatic heterocycles. The SMILES string of the molecule is CN(Cc1cnn(C)c1)Cc1cn(C)nc1-c1ccc(C2CCCCC2)cc1. The highest BCUT2D eigenvalue weighted by Crippen LogP contribution is 2.34. The highest BCUT2D eigenvalue weighted by atomic mass is 15.3. The van der Waals surface area contributed by atoms with Crippen LogP contribution in [0.5, 0.6) is 0 Å². The van der Waals surface area contributed by atoms with Gasteiger partial charge in [-0.3, -0.25) is 14.3 Å². The summed E-state index contributed by atoms with van der Waals surface area (Å²) in [6.07, 6.45) is 13.0. The Bertz CT molecular complexity index is 899. The number of aromatic nitrogens is 4. The van der Waals surface area contributed by atoms with Crippen molar-refractivity contribution >= 4 is 0 Å². The van der Waals surface area contributed by atoms with Gasteiger partial charge in [0.2, 0.25) is 0 Å². The lowest BCUT2D eigenvalue weighted by atomic mass is 9.84. The molecule has 0 bridgehead atoms. The smallest absolute Gasteiger partial charge is 0.0968 e. The molecule has 0 amide bonds. The molecule has 0 saturated heterocycles. The predicted octanol–water partition coefficient (Wildman–Crippen LogP) is 4.50. The summed E-state index contributed by atoms with van der Waals surface area (Å²) >= 11 is 0. The van der Waals surface area contributed by atoms with Gasteiger partial charge in [-0.2, -0.15) is 10.2 Å². The van der Waals surface area contributed by atoms with E-state index in [-0.39, 0.29) is 0 Å². The van der Waals surface area contributed by atoms with Gasteiger partial charge in [-0.15, -0.1) is 0 Å². The van der Waals surface area contributed by atoms with Crippen molar-refractivity contribution in [1.82, 2.24) is 24.5 Å². The summed E-state index contributed by atoms with van der Waals surface area (Å²) in [7, 11) is 6.11. The normalized spacial score (nSPS) is 15.4. The van der Waals surface area contributed by atoms with Crippen molar-refractivity contribution in [2.24, 2.45) is 14.1 Å². The second-order valence-corrected chi connectivity index (χ2v) is 8.33. The van der Waals surface area contributed by atoms with E-state index in [1.807, 2.05) is 29.7 Å². The Morgan fingerprint density at radius 1 is 0.964 bits per heavy atom. The van der Waals surface area contributed by atoms with Crippen molar-refractivity contribution in [3.05, 3.63) is 59.5 Å². The molecule has 0 atom stereocenters. The zero-order valence-electron chi connectivity index (χ0n) is 17.3. The molecule has 0 N–H and O–H groups in total. The van der Waals surface area contributed by atoms with Crippen LogP contribution in [-0.4, -0.2) is 31.5 Å². The van der Waals surface area contributed by atoms with Crippen molar-refractivity contribution < 1.29 is 0 Å². The summed E-state index contributed by atoms with van der Waals surface area (Å²) in [5, 5.41) is 9.03. The van der Waals surface area contributed by atoms with Crippen LogP contribution in [0.1, 0.15) is 54.7 Å². The number of hydrogen-bond donors (Lipinski definition) is 0. The van der Waals surface area contributed by atoms with E-state index < -0.39 is 0 Å². The number of benzene rings is 1. The quantitative estimate of drug-likeness (QED) is 0.635. The Balaban J connectivity index is 1.49. The molecule has 1 aromatic carbocycles. The van der Waals surface area contributed by atoms with Gasteiger partial charge < -0.3 is 0 Å². The highest BCUT2D eigenvalue weighted by Gasteiger charge is 2.17. The first-order valence-corrected chi connectivity index (χ1v) is 10.4. The van der Waals surface area contributed by atoms with E-state index in [2.05, 4.69) is 53.7 Å². The standard InChI is InChI=1S/C23H31N5/c1-26(14-18-13-24-27(2)15-18)16-22-17-28(3)25-23(22)21-11-9-20(10-12-21)19-7-5-4-6-8-19/h9-13,15,17,19H,4-8,14,16H2,1-3H3. The van der Waals surface area contributed by atoms with E-state index >= 15 is 0 Å². The minimum absolute atomic E-state index is 0.747. The minimum atomic E-state index is 0.747. The zero-order valence-corrected chi connectivity index (χ0v) is 17.3. The molecule has 0 spiro atoms. The molecule has 148 valence electrons. The molecule has 3 aromatic rings. The molecule has 2 aromatic heterocycles. The third kappa shape index (κ3) is 4.36. The van der Waals surface area contributed by atoms with Crippen LogP contribution in [0.4, 0.5) is 0 Å². The molecule has 1 aliphatic rings. The fourth-order valence-corrected chi connectivity index (χ4v) is 4.46. The van der Waals surface area contributed by atoms with Crippen molar-refractivity contribution in [3.63, 3.8) is 0 Å². The lowest BCUT2D eigenvalue weighted by Gasteiger charge is -2.22. The summed E-state index contributed by atoms with van der Waals surface area (Å²) in [6, 6.07) is 9.17. The Hall–Kier alpha value is -2.40. The molecule has 1 saturated carbocycles. The molecule has 5 nitrogen and oxygen atoms in total. The summed E-state index contributed by atoms with van der Waals surface area (Å²) < 4.78 is 3.78. The van der Waals surface area contributed by atoms with Gasteiger partial charge in [0.1, 0.15) is 0 Å². The van der Waals surface area contributed by atoms with Crippen LogP contribution in [0.3, 0.4) is 0 Å². The molecule has 28 heavy (non-hydrogen) atoms. The first kappa shape index (κ1) is 18.9. The number of aryl methyl sites for hydroxylation is 2. The van der Waals surface area contributed by atoms with Crippen LogP contribution < -0.4 is 0 Å². The van der Waals surface area contributed by atoms with E-state index in [9.17, 15) is 0 Å². The molecular formula is C23H31N5. The maximum Gasteiger partial charge on any atom is 0.0968 e. The lowest BCUT2D eigenvalue weighted by molar-refractivity contribution is 0.319. The van der Waals surface area contributed by atoms with Gasteiger partial charge in [0.25, 0.3) is 0 Å². The number of nitrogens with zero attached hydrogens (tertiary/aromatic N) is 5. The summed E-state index contributed by atoms with van der Waals surface area (Å²) in [5.74, 6) is 0.747. The Kier molecular flexibility index (Phi) is 5.62. The molecule has 4 rings (SSSR count). The fourth-order valence-electron chi connectivity index (χ4n) is 4.46. The van der Waals surface area contributed by atoms with Crippen LogP contribution in [0, 0.1) is 0 Å². The second kappa shape index (κ2) is 8.31. The van der Waals surface area contributed by atoms with Crippen molar-refractivity contribution in [3.8, 4) is 11.3 Å². The average Bonchev–Trinajstić information content (AvgIpc) is 3.27. The van der Waals surface area contributed by atoms with E-state index in [1.54, 1.807) is 0 Å². The van der Waals surface area contributed by atoms with Crippen LogP contribution in [-0.2, 0) is 27.2 Å².